The van der Waals surface area contributed by atoms with E-state index in [0.29, 0.717) is 5.12 Å². The lowest BCUT2D eigenvalue weighted by Crippen LogP contribution is -2.36. The van der Waals surface area contributed by atoms with Gasteiger partial charge in [0, 0.05) is 39.0 Å². The summed E-state index contributed by atoms with van der Waals surface area (Å²) in [6, 6.07) is 0. The monoisotopic (exact) mass is 233 g/mol. The minimum absolute atomic E-state index is 0.0877. The van der Waals surface area contributed by atoms with Crippen molar-refractivity contribution in [3.8, 4) is 0 Å². The highest BCUT2D eigenvalue weighted by molar-refractivity contribution is 5.77. The summed E-state index contributed by atoms with van der Waals surface area (Å²) < 4.78 is 13.0. The number of nitrogens with zero attached hydrogens (tertiary/aromatic N) is 1. The smallest absolute Gasteiger partial charge is 0.222 e. The van der Waals surface area contributed by atoms with Gasteiger partial charge in [0.15, 0.2) is 0 Å². The number of nitrogens with one attached hydrogen (secondary N) is 2. The quantitative estimate of drug-likeness (QED) is 0.612. The van der Waals surface area contributed by atoms with Crippen molar-refractivity contribution < 1.29 is 14.1 Å². The SMILES string of the molecule is CC(=O)NCCN(F)CCNC(=O)C(C)C. The number of hydrogen-bond donors (Lipinski definition) is 2. The van der Waals surface area contributed by atoms with Crippen LogP contribution in [0.3, 0.4) is 0 Å². The average molecular weight is 233 g/mol. The van der Waals surface area contributed by atoms with Crippen LogP contribution in [-0.2, 0) is 9.59 Å². The highest BCUT2D eigenvalue weighted by Gasteiger charge is 2.07. The molecule has 0 heterocycles. The maximum Gasteiger partial charge on any atom is 0.222 e. The Bertz CT molecular complexity index is 234. The van der Waals surface area contributed by atoms with Crippen molar-refractivity contribution >= 4 is 11.8 Å². The molecular weight excluding hydrogens is 213 g/mol. The second-order valence-corrected chi connectivity index (χ2v) is 3.84. The molecule has 0 fully saturated rings. The number of rotatable bonds is 7. The number of hydrogen-bond acceptors (Lipinski definition) is 3. The van der Waals surface area contributed by atoms with Crippen LogP contribution in [0.25, 0.3) is 0 Å². The molecule has 0 radical (unpaired) electrons. The third kappa shape index (κ3) is 8.16. The van der Waals surface area contributed by atoms with E-state index in [2.05, 4.69) is 10.6 Å². The van der Waals surface area contributed by atoms with Crippen molar-refractivity contribution in [3.05, 3.63) is 0 Å². The molecule has 16 heavy (non-hydrogen) atoms. The van der Waals surface area contributed by atoms with Crippen LogP contribution in [0.2, 0.25) is 0 Å². The van der Waals surface area contributed by atoms with E-state index >= 15 is 0 Å². The van der Waals surface area contributed by atoms with Crippen molar-refractivity contribution in [1.82, 2.24) is 15.8 Å². The van der Waals surface area contributed by atoms with Gasteiger partial charge in [0.2, 0.25) is 11.8 Å². The fourth-order valence-corrected chi connectivity index (χ4v) is 0.970. The molecule has 0 aromatic rings. The fraction of sp³-hybridized carbons (Fsp3) is 0.800. The average Bonchev–Trinajstić information content (AvgIpc) is 2.16. The van der Waals surface area contributed by atoms with Gasteiger partial charge in [-0.05, 0) is 0 Å². The summed E-state index contributed by atoms with van der Waals surface area (Å²) in [6.07, 6.45) is 0. The van der Waals surface area contributed by atoms with Crippen LogP contribution in [0.1, 0.15) is 20.8 Å². The normalized spacial score (nSPS) is 10.6. The molecule has 2 N–H and O–H groups in total. The molecule has 0 saturated carbocycles. The molecule has 0 atom stereocenters. The lowest BCUT2D eigenvalue weighted by Gasteiger charge is -2.13. The van der Waals surface area contributed by atoms with Crippen molar-refractivity contribution in [2.45, 2.75) is 20.8 Å². The van der Waals surface area contributed by atoms with E-state index in [4.69, 9.17) is 0 Å². The number of carbonyl (C=O) groups excluding carboxylic acids is 2. The van der Waals surface area contributed by atoms with Crippen molar-refractivity contribution in [1.29, 1.82) is 0 Å². The minimum atomic E-state index is -0.179. The number of halogens is 1. The van der Waals surface area contributed by atoms with Crippen LogP contribution in [0.5, 0.6) is 0 Å². The third-order valence-corrected chi connectivity index (χ3v) is 1.91. The van der Waals surface area contributed by atoms with E-state index in [1.165, 1.54) is 6.92 Å². The topological polar surface area (TPSA) is 61.4 Å². The zero-order valence-electron chi connectivity index (χ0n) is 10.0. The molecule has 0 bridgehead atoms. The van der Waals surface area contributed by atoms with Crippen LogP contribution in [0.15, 0.2) is 0 Å². The van der Waals surface area contributed by atoms with Gasteiger partial charge in [-0.15, -0.1) is 9.60 Å². The largest absolute Gasteiger partial charge is 0.355 e. The highest BCUT2D eigenvalue weighted by Crippen LogP contribution is 1.91. The molecule has 94 valence electrons. The molecule has 0 aromatic heterocycles. The molecule has 5 nitrogen and oxygen atoms in total. The number of carbonyl (C=O) groups is 2. The van der Waals surface area contributed by atoms with Gasteiger partial charge in [0.1, 0.15) is 0 Å². The van der Waals surface area contributed by atoms with Gasteiger partial charge < -0.3 is 10.6 Å². The van der Waals surface area contributed by atoms with Crippen LogP contribution in [0.4, 0.5) is 4.48 Å². The van der Waals surface area contributed by atoms with Gasteiger partial charge in [-0.25, -0.2) is 0 Å². The Morgan fingerprint density at radius 1 is 1.19 bits per heavy atom. The zero-order valence-corrected chi connectivity index (χ0v) is 10.0. The Balaban J connectivity index is 3.47. The standard InChI is InChI=1S/C10H20FN3O2/c1-8(2)10(16)13-5-7-14(11)6-4-12-9(3)15/h8H,4-7H2,1-3H3,(H,12,15)(H,13,16). The molecule has 0 aliphatic heterocycles. The molecule has 0 rings (SSSR count). The molecule has 0 aliphatic rings. The van der Waals surface area contributed by atoms with E-state index in [9.17, 15) is 14.1 Å². The van der Waals surface area contributed by atoms with Gasteiger partial charge in [-0.3, -0.25) is 9.59 Å². The lowest BCUT2D eigenvalue weighted by molar-refractivity contribution is -0.124. The third-order valence-electron chi connectivity index (χ3n) is 1.91. The van der Waals surface area contributed by atoms with Crippen LogP contribution in [0, 0.1) is 5.92 Å². The molecule has 0 saturated heterocycles. The molecule has 6 heteroatoms. The van der Waals surface area contributed by atoms with Crippen LogP contribution in [-0.4, -0.2) is 43.1 Å². The van der Waals surface area contributed by atoms with Gasteiger partial charge in [-0.2, -0.15) is 0 Å². The Kier molecular flexibility index (Phi) is 7.45. The Labute approximate surface area is 95.3 Å². The molecule has 2 amide bonds. The Morgan fingerprint density at radius 2 is 1.69 bits per heavy atom. The first-order valence-electron chi connectivity index (χ1n) is 5.36. The van der Waals surface area contributed by atoms with E-state index in [1.54, 1.807) is 13.8 Å². The van der Waals surface area contributed by atoms with Gasteiger partial charge in [-0.1, -0.05) is 13.8 Å². The minimum Gasteiger partial charge on any atom is -0.355 e. The Hall–Kier alpha value is -1.17. The summed E-state index contributed by atoms with van der Waals surface area (Å²) in [5.74, 6) is -0.357. The summed E-state index contributed by atoms with van der Waals surface area (Å²) >= 11 is 0. The maximum atomic E-state index is 13.0. The van der Waals surface area contributed by atoms with E-state index in [-0.39, 0.29) is 43.9 Å². The van der Waals surface area contributed by atoms with Crippen LogP contribution >= 0.6 is 0 Å². The first-order chi connectivity index (χ1) is 7.43. The van der Waals surface area contributed by atoms with Gasteiger partial charge in [0.05, 0.1) is 0 Å². The van der Waals surface area contributed by atoms with Gasteiger partial charge >= 0.3 is 0 Å². The van der Waals surface area contributed by atoms with E-state index < -0.39 is 0 Å². The first kappa shape index (κ1) is 14.8. The van der Waals surface area contributed by atoms with Crippen molar-refractivity contribution in [2.24, 2.45) is 5.92 Å². The van der Waals surface area contributed by atoms with Crippen LogP contribution < -0.4 is 10.6 Å². The highest BCUT2D eigenvalue weighted by atomic mass is 19.2. The lowest BCUT2D eigenvalue weighted by atomic mass is 10.2. The molecular formula is C10H20FN3O2. The second-order valence-electron chi connectivity index (χ2n) is 3.84. The van der Waals surface area contributed by atoms with E-state index in [0.717, 1.165) is 0 Å². The summed E-state index contributed by atoms with van der Waals surface area (Å²) in [7, 11) is 0. The fourth-order valence-electron chi connectivity index (χ4n) is 0.970. The zero-order chi connectivity index (χ0) is 12.6. The first-order valence-corrected chi connectivity index (χ1v) is 5.36. The number of amides is 2. The predicted molar refractivity (Wildman–Crippen MR) is 59.2 cm³/mol. The molecule has 0 aromatic carbocycles. The van der Waals surface area contributed by atoms with Crippen molar-refractivity contribution in [2.75, 3.05) is 26.2 Å². The van der Waals surface area contributed by atoms with Gasteiger partial charge in [0.25, 0.3) is 0 Å². The van der Waals surface area contributed by atoms with Crippen molar-refractivity contribution in [3.63, 3.8) is 0 Å². The summed E-state index contributed by atoms with van der Waals surface area (Å²) in [4.78, 5) is 21.6. The summed E-state index contributed by atoms with van der Waals surface area (Å²) in [6.45, 7) is 5.72. The van der Waals surface area contributed by atoms with E-state index in [1.807, 2.05) is 0 Å². The maximum absolute atomic E-state index is 13.0. The Morgan fingerprint density at radius 3 is 2.12 bits per heavy atom. The predicted octanol–water partition coefficient (Wildman–Crippen LogP) is 0.0812. The molecule has 0 unspecified atom stereocenters. The second kappa shape index (κ2) is 8.04. The molecule has 0 spiro atoms. The molecule has 0 aliphatic carbocycles. The summed E-state index contributed by atoms with van der Waals surface area (Å²) in [5, 5.41) is 5.66. The summed E-state index contributed by atoms with van der Waals surface area (Å²) in [5.41, 5.74) is 0.